The molecule has 1 aromatic carbocycles. The molecule has 2 aliphatic heterocycles. The Labute approximate surface area is 160 Å². The van der Waals surface area contributed by atoms with Gasteiger partial charge < -0.3 is 4.90 Å². The van der Waals surface area contributed by atoms with E-state index in [9.17, 15) is 22.8 Å². The predicted octanol–water partition coefficient (Wildman–Crippen LogP) is 1.60. The number of nitrogens with zero attached hydrogens (tertiary/aromatic N) is 1. The van der Waals surface area contributed by atoms with Crippen LogP contribution in [0, 0.1) is 0 Å². The highest BCUT2D eigenvalue weighted by Gasteiger charge is 2.38. The molecule has 3 amide bonds. The van der Waals surface area contributed by atoms with Gasteiger partial charge in [-0.2, -0.15) is 0 Å². The fraction of sp³-hybridized carbons (Fsp3) is 0.438. The highest BCUT2D eigenvalue weighted by molar-refractivity contribution is 8.15. The van der Waals surface area contributed by atoms with Crippen molar-refractivity contribution in [2.24, 2.45) is 0 Å². The molecule has 26 heavy (non-hydrogen) atoms. The van der Waals surface area contributed by atoms with E-state index >= 15 is 0 Å². The Bertz CT molecular complexity index is 841. The summed E-state index contributed by atoms with van der Waals surface area (Å²) in [5, 5.41) is 1.47. The summed E-state index contributed by atoms with van der Waals surface area (Å²) in [5.41, 5.74) is 0.812. The van der Waals surface area contributed by atoms with Crippen molar-refractivity contribution in [2.75, 3.05) is 11.5 Å². The van der Waals surface area contributed by atoms with Crippen LogP contribution in [0.25, 0.3) is 0 Å². The van der Waals surface area contributed by atoms with Crippen LogP contribution in [0.4, 0.5) is 4.79 Å². The Morgan fingerprint density at radius 2 is 1.96 bits per heavy atom. The first kappa shape index (κ1) is 19.2. The molecule has 10 heteroatoms. The molecule has 0 radical (unpaired) electrons. The number of rotatable bonds is 5. The van der Waals surface area contributed by atoms with Crippen molar-refractivity contribution < 1.29 is 22.8 Å². The molecule has 1 aromatic rings. The molecule has 2 heterocycles. The third kappa shape index (κ3) is 4.57. The molecule has 3 rings (SSSR count). The molecule has 2 aliphatic rings. The summed E-state index contributed by atoms with van der Waals surface area (Å²) in [4.78, 5) is 37.3. The maximum Gasteiger partial charge on any atom is 0.286 e. The van der Waals surface area contributed by atoms with E-state index in [4.69, 9.17) is 11.6 Å². The number of carbonyl (C=O) groups is 3. The quantitative estimate of drug-likeness (QED) is 0.782. The summed E-state index contributed by atoms with van der Waals surface area (Å²) in [6, 6.07) is 6.50. The third-order valence-electron chi connectivity index (χ3n) is 4.36. The fourth-order valence-electron chi connectivity index (χ4n) is 3.03. The van der Waals surface area contributed by atoms with Gasteiger partial charge in [0.1, 0.15) is 5.25 Å². The van der Waals surface area contributed by atoms with Gasteiger partial charge >= 0.3 is 0 Å². The largest absolute Gasteiger partial charge is 0.334 e. The van der Waals surface area contributed by atoms with Gasteiger partial charge in [0.05, 0.1) is 11.5 Å². The zero-order valence-electron chi connectivity index (χ0n) is 13.7. The van der Waals surface area contributed by atoms with Crippen LogP contribution in [0.3, 0.4) is 0 Å². The van der Waals surface area contributed by atoms with E-state index in [-0.39, 0.29) is 30.4 Å². The maximum atomic E-state index is 12.8. The molecule has 7 nitrogen and oxygen atoms in total. The third-order valence-corrected chi connectivity index (χ3v) is 7.35. The smallest absolute Gasteiger partial charge is 0.286 e. The lowest BCUT2D eigenvalue weighted by Crippen LogP contribution is -2.42. The minimum Gasteiger partial charge on any atom is -0.334 e. The van der Waals surface area contributed by atoms with Crippen LogP contribution in [0.15, 0.2) is 24.3 Å². The summed E-state index contributed by atoms with van der Waals surface area (Å²) in [6.07, 6.45) is 0.219. The number of nitrogens with one attached hydrogen (secondary N) is 1. The van der Waals surface area contributed by atoms with Crippen LogP contribution < -0.4 is 5.32 Å². The first-order valence-corrected chi connectivity index (χ1v) is 11.1. The van der Waals surface area contributed by atoms with E-state index in [1.165, 1.54) is 4.90 Å². The van der Waals surface area contributed by atoms with Crippen molar-refractivity contribution >= 4 is 50.3 Å². The number of amides is 3. The molecule has 2 fully saturated rings. The predicted molar refractivity (Wildman–Crippen MR) is 98.6 cm³/mol. The van der Waals surface area contributed by atoms with Crippen molar-refractivity contribution in [1.29, 1.82) is 0 Å². The fourth-order valence-corrected chi connectivity index (χ4v) is 5.70. The van der Waals surface area contributed by atoms with Gasteiger partial charge in [0.25, 0.3) is 5.24 Å². The monoisotopic (exact) mass is 416 g/mol. The second-order valence-electron chi connectivity index (χ2n) is 6.29. The summed E-state index contributed by atoms with van der Waals surface area (Å²) >= 11 is 6.67. The Morgan fingerprint density at radius 1 is 1.27 bits per heavy atom. The highest BCUT2D eigenvalue weighted by atomic mass is 35.5. The van der Waals surface area contributed by atoms with Crippen LogP contribution in [0.2, 0.25) is 5.02 Å². The number of sulfone groups is 1. The summed E-state index contributed by atoms with van der Waals surface area (Å²) in [6.45, 7) is 0.225. The van der Waals surface area contributed by atoms with Crippen LogP contribution in [0.1, 0.15) is 18.4 Å². The van der Waals surface area contributed by atoms with E-state index < -0.39 is 32.3 Å². The van der Waals surface area contributed by atoms with E-state index in [2.05, 4.69) is 5.32 Å². The molecule has 2 atom stereocenters. The van der Waals surface area contributed by atoms with E-state index in [0.717, 1.165) is 17.3 Å². The van der Waals surface area contributed by atoms with Crippen molar-refractivity contribution in [3.05, 3.63) is 34.9 Å². The zero-order valence-corrected chi connectivity index (χ0v) is 16.1. The lowest BCUT2D eigenvalue weighted by Gasteiger charge is -2.29. The second-order valence-corrected chi connectivity index (χ2v) is 10.1. The van der Waals surface area contributed by atoms with Gasteiger partial charge in [0.2, 0.25) is 11.8 Å². The molecule has 2 unspecified atom stereocenters. The standard InChI is InChI=1S/C16H17ClN2O5S2/c17-11-3-1-10(2-4-11)8-19(12-5-6-26(23,24)9-12)14(20)7-13-15(21)18-16(22)25-13/h1-4,12-13H,5-9H2,(H,18,21,22). The Balaban J connectivity index is 1.77. The average molecular weight is 417 g/mol. The van der Waals surface area contributed by atoms with Gasteiger partial charge in [-0.25, -0.2) is 8.42 Å². The number of thioether (sulfide) groups is 1. The SMILES string of the molecule is O=C1NC(=O)C(CC(=O)N(Cc2ccc(Cl)cc2)C2CCS(=O)(=O)C2)S1. The minimum absolute atomic E-state index is 0.0409. The second kappa shape index (κ2) is 7.58. The molecule has 0 saturated carbocycles. The normalized spacial score (nSPS) is 24.5. The van der Waals surface area contributed by atoms with Crippen molar-refractivity contribution in [2.45, 2.75) is 30.7 Å². The van der Waals surface area contributed by atoms with Gasteiger partial charge in [-0.15, -0.1) is 0 Å². The molecule has 0 bridgehead atoms. The van der Waals surface area contributed by atoms with Crippen LogP contribution in [-0.4, -0.2) is 53.2 Å². The zero-order chi connectivity index (χ0) is 18.9. The van der Waals surface area contributed by atoms with Gasteiger partial charge in [0.15, 0.2) is 9.84 Å². The Morgan fingerprint density at radius 3 is 2.50 bits per heavy atom. The number of halogens is 1. The first-order chi connectivity index (χ1) is 12.2. The lowest BCUT2D eigenvalue weighted by atomic mass is 10.1. The van der Waals surface area contributed by atoms with Gasteiger partial charge in [-0.05, 0) is 24.1 Å². The van der Waals surface area contributed by atoms with Crippen molar-refractivity contribution in [3.8, 4) is 0 Å². The highest BCUT2D eigenvalue weighted by Crippen LogP contribution is 2.26. The maximum absolute atomic E-state index is 12.8. The Kier molecular flexibility index (Phi) is 5.59. The topological polar surface area (TPSA) is 101 Å². The molecule has 0 spiro atoms. The molecule has 0 aliphatic carbocycles. The minimum atomic E-state index is -3.17. The number of hydrogen-bond donors (Lipinski definition) is 1. The number of imide groups is 1. The molecular weight excluding hydrogens is 400 g/mol. The number of carbonyl (C=O) groups excluding carboxylic acids is 3. The summed E-state index contributed by atoms with van der Waals surface area (Å²) in [7, 11) is -3.17. The molecule has 0 aromatic heterocycles. The first-order valence-electron chi connectivity index (χ1n) is 7.99. The van der Waals surface area contributed by atoms with Crippen LogP contribution in [0.5, 0.6) is 0 Å². The number of benzene rings is 1. The summed E-state index contributed by atoms with van der Waals surface area (Å²) in [5.74, 6) is -0.877. The van der Waals surface area contributed by atoms with Crippen molar-refractivity contribution in [1.82, 2.24) is 10.2 Å². The average Bonchev–Trinajstić information content (AvgIpc) is 3.08. The van der Waals surface area contributed by atoms with Crippen LogP contribution in [-0.2, 0) is 26.0 Å². The lowest BCUT2D eigenvalue weighted by molar-refractivity contribution is -0.135. The van der Waals surface area contributed by atoms with Gasteiger partial charge in [0, 0.05) is 24.0 Å². The summed E-state index contributed by atoms with van der Waals surface area (Å²) < 4.78 is 23.7. The molecule has 140 valence electrons. The van der Waals surface area contributed by atoms with Gasteiger partial charge in [-0.1, -0.05) is 35.5 Å². The number of hydrogen-bond acceptors (Lipinski definition) is 6. The molecule has 2 saturated heterocycles. The van der Waals surface area contributed by atoms with E-state index in [1.54, 1.807) is 24.3 Å². The Hall–Kier alpha value is -1.58. The van der Waals surface area contributed by atoms with E-state index in [0.29, 0.717) is 11.4 Å². The van der Waals surface area contributed by atoms with Crippen LogP contribution >= 0.6 is 23.4 Å². The van der Waals surface area contributed by atoms with E-state index in [1.807, 2.05) is 0 Å². The van der Waals surface area contributed by atoms with Gasteiger partial charge in [-0.3, -0.25) is 19.7 Å². The molecule has 1 N–H and O–H groups in total. The molecular formula is C16H17ClN2O5S2. The van der Waals surface area contributed by atoms with Crippen molar-refractivity contribution in [3.63, 3.8) is 0 Å².